The van der Waals surface area contributed by atoms with E-state index in [1.165, 1.54) is 64.7 Å². The fourth-order valence-electron chi connectivity index (χ4n) is 2.30. The SMILES string of the molecule is CC(C)CCNCCC(C)C.CC(C)CNCC(C)C.CCCCNCCCC. The standard InChI is InChI=1S/C10H23N.2C8H19N/c1-9(2)5-7-11-8-6-10(3)4;1-7(2)5-9-6-8(3)4;1-3-5-7-9-8-6-4-2/h9-11H,5-8H2,1-4H3;7-9H,5-6H2,1-4H3;9H,3-8H2,1-2H3. The van der Waals surface area contributed by atoms with Gasteiger partial charge in [0.05, 0.1) is 0 Å². The van der Waals surface area contributed by atoms with Gasteiger partial charge in [-0.1, -0.05) is 82.1 Å². The number of hydrogen-bond donors (Lipinski definition) is 3. The van der Waals surface area contributed by atoms with Crippen LogP contribution >= 0.6 is 0 Å². The predicted octanol–water partition coefficient (Wildman–Crippen LogP) is 6.73. The Morgan fingerprint density at radius 2 is 0.793 bits per heavy atom. The third-order valence-corrected chi connectivity index (χ3v) is 4.32. The van der Waals surface area contributed by atoms with Crippen molar-refractivity contribution in [3.05, 3.63) is 0 Å². The summed E-state index contributed by atoms with van der Waals surface area (Å²) < 4.78 is 0. The van der Waals surface area contributed by atoms with Crippen LogP contribution in [0.25, 0.3) is 0 Å². The highest BCUT2D eigenvalue weighted by molar-refractivity contribution is 4.53. The third kappa shape index (κ3) is 47.2. The molecule has 0 aliphatic carbocycles. The van der Waals surface area contributed by atoms with Crippen molar-refractivity contribution in [3.8, 4) is 0 Å². The summed E-state index contributed by atoms with van der Waals surface area (Å²) in [4.78, 5) is 0. The molecule has 0 heterocycles. The molecule has 3 heteroatoms. The van der Waals surface area contributed by atoms with Crippen LogP contribution in [0, 0.1) is 23.7 Å². The minimum Gasteiger partial charge on any atom is -0.317 e. The molecule has 0 amide bonds. The lowest BCUT2D eigenvalue weighted by molar-refractivity contribution is 0.497. The Balaban J connectivity index is -0.000000352. The average molecular weight is 416 g/mol. The fourth-order valence-corrected chi connectivity index (χ4v) is 2.30. The molecule has 0 atom stereocenters. The Hall–Kier alpha value is -0.120. The van der Waals surface area contributed by atoms with Gasteiger partial charge in [0.1, 0.15) is 0 Å². The average Bonchev–Trinajstić information content (AvgIpc) is 2.61. The van der Waals surface area contributed by atoms with Crippen LogP contribution in [0.1, 0.15) is 108 Å². The summed E-state index contributed by atoms with van der Waals surface area (Å²) in [5.74, 6) is 3.23. The van der Waals surface area contributed by atoms with Gasteiger partial charge in [-0.3, -0.25) is 0 Å². The first-order chi connectivity index (χ1) is 13.7. The van der Waals surface area contributed by atoms with E-state index in [0.29, 0.717) is 0 Å². The Labute approximate surface area is 187 Å². The van der Waals surface area contributed by atoms with E-state index in [1.807, 2.05) is 0 Å². The molecule has 0 aromatic heterocycles. The fraction of sp³-hybridized carbons (Fsp3) is 1.00. The minimum atomic E-state index is 0.781. The lowest BCUT2D eigenvalue weighted by Gasteiger charge is -2.08. The molecular weight excluding hydrogens is 354 g/mol. The molecule has 0 aliphatic rings. The van der Waals surface area contributed by atoms with Crippen LogP contribution < -0.4 is 16.0 Å². The second kappa shape index (κ2) is 27.9. The van der Waals surface area contributed by atoms with Crippen LogP contribution in [0.2, 0.25) is 0 Å². The zero-order valence-electron chi connectivity index (χ0n) is 22.3. The summed E-state index contributed by atoms with van der Waals surface area (Å²) in [6.07, 6.45) is 7.86. The molecule has 180 valence electrons. The minimum absolute atomic E-state index is 0.781. The van der Waals surface area contributed by atoms with Crippen LogP contribution in [-0.4, -0.2) is 39.3 Å². The highest BCUT2D eigenvalue weighted by atomic mass is 14.9. The second-order valence-electron chi connectivity index (χ2n) is 10.0. The quantitative estimate of drug-likeness (QED) is 0.244. The third-order valence-electron chi connectivity index (χ3n) is 4.32. The number of rotatable bonds is 16. The highest BCUT2D eigenvalue weighted by Crippen LogP contribution is 1.98. The first-order valence-corrected chi connectivity index (χ1v) is 12.8. The van der Waals surface area contributed by atoms with Crippen LogP contribution in [0.5, 0.6) is 0 Å². The number of nitrogens with one attached hydrogen (secondary N) is 3. The van der Waals surface area contributed by atoms with Crippen molar-refractivity contribution in [2.45, 2.75) is 108 Å². The van der Waals surface area contributed by atoms with Gasteiger partial charge in [0.2, 0.25) is 0 Å². The van der Waals surface area contributed by atoms with Crippen LogP contribution in [0.15, 0.2) is 0 Å². The van der Waals surface area contributed by atoms with Crippen molar-refractivity contribution < 1.29 is 0 Å². The number of hydrogen-bond acceptors (Lipinski definition) is 3. The van der Waals surface area contributed by atoms with Crippen LogP contribution in [-0.2, 0) is 0 Å². The van der Waals surface area contributed by atoms with Crippen molar-refractivity contribution >= 4 is 0 Å². The molecule has 0 rings (SSSR count). The molecular formula is C26H61N3. The van der Waals surface area contributed by atoms with Gasteiger partial charge in [0, 0.05) is 0 Å². The first-order valence-electron chi connectivity index (χ1n) is 12.8. The molecule has 0 radical (unpaired) electrons. The molecule has 3 N–H and O–H groups in total. The van der Waals surface area contributed by atoms with Gasteiger partial charge in [-0.2, -0.15) is 0 Å². The largest absolute Gasteiger partial charge is 0.317 e. The summed E-state index contributed by atoms with van der Waals surface area (Å²) >= 11 is 0. The van der Waals surface area contributed by atoms with E-state index >= 15 is 0 Å². The summed E-state index contributed by atoms with van der Waals surface area (Å²) in [6.45, 7) is 29.5. The van der Waals surface area contributed by atoms with E-state index in [-0.39, 0.29) is 0 Å². The van der Waals surface area contributed by atoms with E-state index in [9.17, 15) is 0 Å². The molecule has 0 bridgehead atoms. The zero-order chi connectivity index (χ0) is 22.9. The number of unbranched alkanes of at least 4 members (excludes halogenated alkanes) is 2. The molecule has 0 fully saturated rings. The molecule has 0 aliphatic heterocycles. The maximum Gasteiger partial charge on any atom is -0.00257 e. The maximum absolute atomic E-state index is 3.45. The molecule has 0 aromatic carbocycles. The van der Waals surface area contributed by atoms with Crippen molar-refractivity contribution in [2.75, 3.05) is 39.3 Å². The maximum atomic E-state index is 3.45. The molecule has 3 nitrogen and oxygen atoms in total. The monoisotopic (exact) mass is 415 g/mol. The Morgan fingerprint density at radius 3 is 1.07 bits per heavy atom. The van der Waals surface area contributed by atoms with Gasteiger partial charge in [0.15, 0.2) is 0 Å². The van der Waals surface area contributed by atoms with Gasteiger partial charge in [-0.05, 0) is 88.6 Å². The van der Waals surface area contributed by atoms with Crippen LogP contribution in [0.4, 0.5) is 0 Å². The van der Waals surface area contributed by atoms with E-state index in [0.717, 1.165) is 36.8 Å². The van der Waals surface area contributed by atoms with Gasteiger partial charge < -0.3 is 16.0 Å². The molecule has 0 saturated carbocycles. The summed E-state index contributed by atoms with van der Waals surface area (Å²) in [5.41, 5.74) is 0. The van der Waals surface area contributed by atoms with Crippen molar-refractivity contribution in [2.24, 2.45) is 23.7 Å². The van der Waals surface area contributed by atoms with E-state index in [1.54, 1.807) is 0 Å². The molecule has 0 spiro atoms. The highest BCUT2D eigenvalue weighted by Gasteiger charge is 1.95. The van der Waals surface area contributed by atoms with Crippen LogP contribution in [0.3, 0.4) is 0 Å². The van der Waals surface area contributed by atoms with Crippen molar-refractivity contribution in [3.63, 3.8) is 0 Å². The van der Waals surface area contributed by atoms with Gasteiger partial charge >= 0.3 is 0 Å². The zero-order valence-corrected chi connectivity index (χ0v) is 22.3. The summed E-state index contributed by atoms with van der Waals surface area (Å²) in [6, 6.07) is 0. The normalized spacial score (nSPS) is 11.0. The molecule has 0 saturated heterocycles. The molecule has 0 unspecified atom stereocenters. The smallest absolute Gasteiger partial charge is 0.00257 e. The predicted molar refractivity (Wildman–Crippen MR) is 137 cm³/mol. The van der Waals surface area contributed by atoms with Crippen molar-refractivity contribution in [1.82, 2.24) is 16.0 Å². The summed E-state index contributed by atoms with van der Waals surface area (Å²) in [7, 11) is 0. The van der Waals surface area contributed by atoms with Gasteiger partial charge in [-0.15, -0.1) is 0 Å². The molecule has 0 aromatic rings. The van der Waals surface area contributed by atoms with E-state index in [2.05, 4.69) is 85.2 Å². The Bertz CT molecular complexity index is 239. The van der Waals surface area contributed by atoms with Crippen molar-refractivity contribution in [1.29, 1.82) is 0 Å². The summed E-state index contributed by atoms with van der Waals surface area (Å²) in [5, 5.41) is 10.2. The first kappa shape index (κ1) is 33.5. The van der Waals surface area contributed by atoms with E-state index in [4.69, 9.17) is 0 Å². The van der Waals surface area contributed by atoms with E-state index < -0.39 is 0 Å². The Kier molecular flexibility index (Phi) is 32.2. The lowest BCUT2D eigenvalue weighted by Crippen LogP contribution is -2.23. The lowest BCUT2D eigenvalue weighted by atomic mass is 10.1. The Morgan fingerprint density at radius 1 is 0.448 bits per heavy atom. The van der Waals surface area contributed by atoms with Gasteiger partial charge in [0.25, 0.3) is 0 Å². The van der Waals surface area contributed by atoms with Gasteiger partial charge in [-0.25, -0.2) is 0 Å². The topological polar surface area (TPSA) is 36.1 Å². The molecule has 29 heavy (non-hydrogen) atoms. The second-order valence-corrected chi connectivity index (χ2v) is 10.0.